The molecule has 4 heteroatoms. The van der Waals surface area contributed by atoms with Crippen LogP contribution in [0.25, 0.3) is 0 Å². The molecule has 29 heavy (non-hydrogen) atoms. The van der Waals surface area contributed by atoms with Crippen LogP contribution in [0.2, 0.25) is 0 Å². The van der Waals surface area contributed by atoms with E-state index in [1.54, 1.807) is 5.57 Å². The molecule has 0 aromatic carbocycles. The molecule has 0 aliphatic heterocycles. The maximum atomic E-state index is 10.2. The van der Waals surface area contributed by atoms with Gasteiger partial charge >= 0.3 is 0 Å². The van der Waals surface area contributed by atoms with Gasteiger partial charge in [-0.05, 0) is 121 Å². The van der Waals surface area contributed by atoms with Crippen LogP contribution in [0.15, 0.2) is 11.6 Å². The molecule has 4 rings (SSSR count). The van der Waals surface area contributed by atoms with Crippen molar-refractivity contribution < 1.29 is 5.11 Å². The first-order valence-corrected chi connectivity index (χ1v) is 12.0. The molecule has 3 nitrogen and oxygen atoms in total. The Balaban J connectivity index is 0.00000240. The van der Waals surface area contributed by atoms with Gasteiger partial charge in [-0.2, -0.15) is 0 Å². The van der Waals surface area contributed by atoms with E-state index in [9.17, 15) is 5.11 Å². The highest BCUT2D eigenvalue weighted by Crippen LogP contribution is 2.65. The number of aliphatic hydroxyl groups excluding tert-OH is 1. The van der Waals surface area contributed by atoms with Gasteiger partial charge in [0.05, 0.1) is 6.10 Å². The summed E-state index contributed by atoms with van der Waals surface area (Å²) in [4.78, 5) is 5.03. The van der Waals surface area contributed by atoms with Gasteiger partial charge in [0.2, 0.25) is 0 Å². The first kappa shape index (κ1) is 23.6. The molecule has 1 N–H and O–H groups in total. The number of fused-ring (bicyclic) bond motifs is 5. The Morgan fingerprint density at radius 1 is 1.00 bits per heavy atom. The zero-order valence-corrected chi connectivity index (χ0v) is 20.3. The molecule has 168 valence electrons. The van der Waals surface area contributed by atoms with E-state index in [4.69, 9.17) is 0 Å². The van der Waals surface area contributed by atoms with Crippen molar-refractivity contribution in [3.05, 3.63) is 11.6 Å². The lowest BCUT2D eigenvalue weighted by Crippen LogP contribution is -2.53. The van der Waals surface area contributed by atoms with Gasteiger partial charge < -0.3 is 14.9 Å². The van der Waals surface area contributed by atoms with E-state index in [1.807, 2.05) is 0 Å². The predicted octanol–water partition coefficient (Wildman–Crippen LogP) is 4.98. The fourth-order valence-electron chi connectivity index (χ4n) is 8.13. The molecule has 3 fully saturated rings. The summed E-state index contributed by atoms with van der Waals surface area (Å²) in [6.45, 7) is 7.61. The third kappa shape index (κ3) is 4.06. The molecule has 0 amide bonds. The van der Waals surface area contributed by atoms with Crippen LogP contribution in [0, 0.1) is 28.6 Å². The van der Waals surface area contributed by atoms with Gasteiger partial charge in [-0.15, -0.1) is 12.4 Å². The Morgan fingerprint density at radius 3 is 2.48 bits per heavy atom. The molecular formula is C25H45ClN2O. The van der Waals surface area contributed by atoms with Gasteiger partial charge in [0.25, 0.3) is 0 Å². The number of aliphatic hydroxyl groups is 1. The topological polar surface area (TPSA) is 26.7 Å². The lowest BCUT2D eigenvalue weighted by atomic mass is 9.48. The van der Waals surface area contributed by atoms with Crippen molar-refractivity contribution in [1.29, 1.82) is 0 Å². The molecule has 0 spiro atoms. The first-order chi connectivity index (χ1) is 13.3. The Morgan fingerprint density at radius 2 is 1.76 bits per heavy atom. The van der Waals surface area contributed by atoms with Gasteiger partial charge in [0.15, 0.2) is 0 Å². The summed E-state index contributed by atoms with van der Waals surface area (Å²) in [6.07, 6.45) is 13.8. The molecular weight excluding hydrogens is 380 g/mol. The fourth-order valence-corrected chi connectivity index (χ4v) is 8.13. The van der Waals surface area contributed by atoms with Crippen LogP contribution in [-0.4, -0.2) is 61.3 Å². The second-order valence-corrected chi connectivity index (χ2v) is 11.4. The second-order valence-electron chi connectivity index (χ2n) is 11.4. The highest BCUT2D eigenvalue weighted by molar-refractivity contribution is 5.85. The molecule has 0 unspecified atom stereocenters. The fraction of sp³-hybridized carbons (Fsp3) is 0.920. The normalized spacial score (nSPS) is 44.0. The van der Waals surface area contributed by atoms with Crippen molar-refractivity contribution >= 4 is 12.4 Å². The second kappa shape index (κ2) is 8.81. The summed E-state index contributed by atoms with van der Waals surface area (Å²) in [7, 11) is 6.76. The molecule has 0 aromatic heterocycles. The standard InChI is InChI=1S/C25H44N2O.ClH/c1-24-13-11-19(28)17-18(24)7-8-20-21-9-10-23(25(21,2)14-12-22(20)24)27(5)16-6-15-26(3)4;/h7,19-23,28H,6,8-17H2,1-5H3;1H/t19-,20-,21-,22-,23-,24-,25-;/m0./s1. The van der Waals surface area contributed by atoms with Crippen molar-refractivity contribution in [2.45, 2.75) is 83.8 Å². The molecule has 0 saturated heterocycles. The minimum Gasteiger partial charge on any atom is -0.393 e. The maximum absolute atomic E-state index is 10.2. The third-order valence-corrected chi connectivity index (χ3v) is 9.68. The Kier molecular flexibility index (Phi) is 7.16. The molecule has 0 bridgehead atoms. The van der Waals surface area contributed by atoms with E-state index < -0.39 is 0 Å². The summed E-state index contributed by atoms with van der Waals surface area (Å²) >= 11 is 0. The van der Waals surface area contributed by atoms with E-state index in [0.717, 1.165) is 36.6 Å². The highest BCUT2D eigenvalue weighted by atomic mass is 35.5. The average Bonchev–Trinajstić information content (AvgIpc) is 2.99. The summed E-state index contributed by atoms with van der Waals surface area (Å²) in [5, 5.41) is 10.2. The van der Waals surface area contributed by atoms with E-state index in [0.29, 0.717) is 10.8 Å². The minimum atomic E-state index is -0.0867. The predicted molar refractivity (Wildman–Crippen MR) is 125 cm³/mol. The largest absolute Gasteiger partial charge is 0.393 e. The summed E-state index contributed by atoms with van der Waals surface area (Å²) in [5.41, 5.74) is 2.48. The average molecular weight is 425 g/mol. The van der Waals surface area contributed by atoms with Gasteiger partial charge in [0.1, 0.15) is 0 Å². The van der Waals surface area contributed by atoms with Crippen LogP contribution in [0.3, 0.4) is 0 Å². The minimum absolute atomic E-state index is 0. The summed E-state index contributed by atoms with van der Waals surface area (Å²) in [5.74, 6) is 2.63. The van der Waals surface area contributed by atoms with Crippen molar-refractivity contribution in [3.8, 4) is 0 Å². The van der Waals surface area contributed by atoms with Crippen molar-refractivity contribution in [2.75, 3.05) is 34.2 Å². The van der Waals surface area contributed by atoms with Crippen LogP contribution in [0.5, 0.6) is 0 Å². The Labute approximate surface area is 185 Å². The molecule has 0 radical (unpaired) electrons. The molecule has 0 aromatic rings. The lowest BCUT2D eigenvalue weighted by Gasteiger charge is -2.58. The number of halogens is 1. The zero-order valence-electron chi connectivity index (χ0n) is 19.5. The third-order valence-electron chi connectivity index (χ3n) is 9.68. The molecule has 4 aliphatic rings. The van der Waals surface area contributed by atoms with Crippen LogP contribution in [0.1, 0.15) is 71.6 Å². The Bertz CT molecular complexity index is 608. The summed E-state index contributed by atoms with van der Waals surface area (Å²) in [6, 6.07) is 0.770. The van der Waals surface area contributed by atoms with Gasteiger partial charge in [-0.1, -0.05) is 25.5 Å². The zero-order chi connectivity index (χ0) is 20.1. The first-order valence-electron chi connectivity index (χ1n) is 12.0. The number of hydrogen-bond donors (Lipinski definition) is 1. The van der Waals surface area contributed by atoms with E-state index >= 15 is 0 Å². The van der Waals surface area contributed by atoms with Gasteiger partial charge in [0, 0.05) is 6.04 Å². The number of allylic oxidation sites excluding steroid dienone is 1. The Hall–Kier alpha value is -0.0900. The van der Waals surface area contributed by atoms with Crippen LogP contribution < -0.4 is 0 Å². The van der Waals surface area contributed by atoms with E-state index in [1.165, 1.54) is 58.0 Å². The smallest absolute Gasteiger partial charge is 0.0577 e. The maximum Gasteiger partial charge on any atom is 0.0577 e. The molecule has 4 aliphatic carbocycles. The van der Waals surface area contributed by atoms with E-state index in [-0.39, 0.29) is 18.5 Å². The lowest BCUT2D eigenvalue weighted by molar-refractivity contribution is -0.0565. The van der Waals surface area contributed by atoms with Gasteiger partial charge in [-0.25, -0.2) is 0 Å². The number of rotatable bonds is 5. The molecule has 7 atom stereocenters. The van der Waals surface area contributed by atoms with Gasteiger partial charge in [-0.3, -0.25) is 0 Å². The van der Waals surface area contributed by atoms with E-state index in [2.05, 4.69) is 50.9 Å². The number of nitrogens with zero attached hydrogens (tertiary/aromatic N) is 2. The quantitative estimate of drug-likeness (QED) is 0.630. The SMILES string of the molecule is CN(C)CCCN(C)[C@H]1CC[C@H]2[C@@H]3CC=C4C[C@@H](O)CC[C@]4(C)[C@H]3CC[C@]12C.Cl. The molecule has 3 saturated carbocycles. The number of hydrogen-bond acceptors (Lipinski definition) is 3. The monoisotopic (exact) mass is 424 g/mol. The van der Waals surface area contributed by atoms with Crippen molar-refractivity contribution in [1.82, 2.24) is 9.80 Å². The van der Waals surface area contributed by atoms with Crippen molar-refractivity contribution in [2.24, 2.45) is 28.6 Å². The van der Waals surface area contributed by atoms with Crippen LogP contribution in [0.4, 0.5) is 0 Å². The summed E-state index contributed by atoms with van der Waals surface area (Å²) < 4.78 is 0. The van der Waals surface area contributed by atoms with Crippen LogP contribution >= 0.6 is 12.4 Å². The molecule has 0 heterocycles. The highest BCUT2D eigenvalue weighted by Gasteiger charge is 2.59. The van der Waals surface area contributed by atoms with Crippen LogP contribution in [-0.2, 0) is 0 Å². The van der Waals surface area contributed by atoms with Crippen molar-refractivity contribution in [3.63, 3.8) is 0 Å².